The molecule has 18 heavy (non-hydrogen) atoms. The van der Waals surface area contributed by atoms with Gasteiger partial charge in [0.15, 0.2) is 5.82 Å². The van der Waals surface area contributed by atoms with Crippen LogP contribution in [0.15, 0.2) is 4.52 Å². The van der Waals surface area contributed by atoms with Crippen molar-refractivity contribution in [2.24, 2.45) is 0 Å². The highest BCUT2D eigenvalue weighted by Gasteiger charge is 2.27. The Morgan fingerprint density at radius 1 is 1.44 bits per heavy atom. The molecule has 1 aliphatic heterocycles. The Hall–Kier alpha value is -1.02. The zero-order valence-electron chi connectivity index (χ0n) is 10.5. The van der Waals surface area contributed by atoms with E-state index >= 15 is 0 Å². The molecule has 2 atom stereocenters. The van der Waals surface area contributed by atoms with E-state index in [2.05, 4.69) is 15.5 Å². The van der Waals surface area contributed by atoms with Crippen LogP contribution in [0.2, 0.25) is 0 Å². The highest BCUT2D eigenvalue weighted by molar-refractivity contribution is 4.97. The van der Waals surface area contributed by atoms with Crippen LogP contribution >= 0.6 is 0 Å². The van der Waals surface area contributed by atoms with Gasteiger partial charge in [-0.3, -0.25) is 0 Å². The molecular formula is C11H19N3O4. The molecule has 1 fully saturated rings. The molecule has 0 amide bonds. The number of ether oxygens (including phenoxy) is 2. The predicted molar refractivity (Wildman–Crippen MR) is 62.1 cm³/mol. The van der Waals surface area contributed by atoms with Gasteiger partial charge in [-0.1, -0.05) is 5.16 Å². The van der Waals surface area contributed by atoms with Crippen LogP contribution < -0.4 is 5.32 Å². The van der Waals surface area contributed by atoms with Crippen LogP contribution in [-0.2, 0) is 15.9 Å². The average Bonchev–Trinajstić information content (AvgIpc) is 2.97. The summed E-state index contributed by atoms with van der Waals surface area (Å²) in [4.78, 5) is 4.28. The number of aromatic nitrogens is 2. The Balaban J connectivity index is 1.72. The van der Waals surface area contributed by atoms with Gasteiger partial charge in [-0.05, 0) is 6.42 Å². The third kappa shape index (κ3) is 3.74. The van der Waals surface area contributed by atoms with Crippen molar-refractivity contribution in [3.8, 4) is 0 Å². The van der Waals surface area contributed by atoms with Gasteiger partial charge in [-0.15, -0.1) is 0 Å². The van der Waals surface area contributed by atoms with Gasteiger partial charge in [0.25, 0.3) is 0 Å². The second kappa shape index (κ2) is 6.79. The number of methoxy groups -OCH3 is 1. The number of aliphatic hydroxyl groups is 1. The number of hydrogen-bond acceptors (Lipinski definition) is 7. The first-order valence-corrected chi connectivity index (χ1v) is 6.10. The molecule has 2 rings (SSSR count). The van der Waals surface area contributed by atoms with Gasteiger partial charge in [0.05, 0.1) is 32.0 Å². The molecule has 7 nitrogen and oxygen atoms in total. The summed E-state index contributed by atoms with van der Waals surface area (Å²) in [5.41, 5.74) is 0. The number of β-amino-alcohol motifs (C(OH)–C–C–N with tert-alkyl or cyclic N) is 1. The van der Waals surface area contributed by atoms with Crippen LogP contribution in [0.3, 0.4) is 0 Å². The Bertz CT molecular complexity index is 358. The molecule has 2 N–H and O–H groups in total. The number of rotatable bonds is 7. The molecule has 1 aromatic heterocycles. The third-order valence-corrected chi connectivity index (χ3v) is 2.79. The normalized spacial score (nSPS) is 23.7. The van der Waals surface area contributed by atoms with E-state index in [1.165, 1.54) is 0 Å². The maximum atomic E-state index is 9.41. The molecule has 102 valence electrons. The minimum atomic E-state index is -0.331. The van der Waals surface area contributed by atoms with Crippen molar-refractivity contribution in [2.45, 2.75) is 25.0 Å². The Morgan fingerprint density at radius 2 is 2.33 bits per heavy atom. The quantitative estimate of drug-likeness (QED) is 0.646. The van der Waals surface area contributed by atoms with Gasteiger partial charge >= 0.3 is 0 Å². The molecule has 1 aliphatic rings. The summed E-state index contributed by atoms with van der Waals surface area (Å²) in [5.74, 6) is 1.17. The lowest BCUT2D eigenvalue weighted by molar-refractivity contribution is 0.0714. The van der Waals surface area contributed by atoms with Gasteiger partial charge in [0.2, 0.25) is 5.89 Å². The van der Waals surface area contributed by atoms with E-state index in [1.54, 1.807) is 7.11 Å². The van der Waals surface area contributed by atoms with Gasteiger partial charge in [0.1, 0.15) is 0 Å². The van der Waals surface area contributed by atoms with E-state index < -0.39 is 0 Å². The predicted octanol–water partition coefficient (Wildman–Crippen LogP) is -0.330. The van der Waals surface area contributed by atoms with Crippen molar-refractivity contribution in [1.82, 2.24) is 15.5 Å². The second-order valence-corrected chi connectivity index (χ2v) is 4.25. The van der Waals surface area contributed by atoms with E-state index in [1.807, 2.05) is 0 Å². The molecule has 2 heterocycles. The number of aliphatic hydroxyl groups excluding tert-OH is 1. The van der Waals surface area contributed by atoms with Crippen LogP contribution in [0.5, 0.6) is 0 Å². The summed E-state index contributed by atoms with van der Waals surface area (Å²) in [6.07, 6.45) is 0.900. The number of hydrogen-bond donors (Lipinski definition) is 2. The van der Waals surface area contributed by atoms with E-state index in [9.17, 15) is 5.11 Å². The lowest BCUT2D eigenvalue weighted by Crippen LogP contribution is -2.15. The molecule has 0 saturated carbocycles. The summed E-state index contributed by atoms with van der Waals surface area (Å²) in [6, 6.07) is -0.0318. The third-order valence-electron chi connectivity index (χ3n) is 2.79. The van der Waals surface area contributed by atoms with Gasteiger partial charge in [-0.2, -0.15) is 4.98 Å². The average molecular weight is 257 g/mol. The zero-order valence-corrected chi connectivity index (χ0v) is 10.5. The Kier molecular flexibility index (Phi) is 5.06. The molecule has 0 unspecified atom stereocenters. The van der Waals surface area contributed by atoms with Crippen molar-refractivity contribution < 1.29 is 19.1 Å². The van der Waals surface area contributed by atoms with Crippen molar-refractivity contribution in [1.29, 1.82) is 0 Å². The second-order valence-electron chi connectivity index (χ2n) is 4.25. The number of nitrogens with one attached hydrogen (secondary N) is 1. The van der Waals surface area contributed by atoms with Crippen molar-refractivity contribution >= 4 is 0 Å². The fourth-order valence-corrected chi connectivity index (χ4v) is 1.82. The minimum Gasteiger partial charge on any atom is -0.392 e. The first-order chi connectivity index (χ1) is 8.79. The largest absolute Gasteiger partial charge is 0.392 e. The van der Waals surface area contributed by atoms with Gasteiger partial charge < -0.3 is 24.4 Å². The summed E-state index contributed by atoms with van der Waals surface area (Å²) in [5, 5.41) is 16.4. The van der Waals surface area contributed by atoms with E-state index in [0.717, 1.165) is 0 Å². The topological polar surface area (TPSA) is 89.6 Å². The van der Waals surface area contributed by atoms with Crippen molar-refractivity contribution in [3.63, 3.8) is 0 Å². The molecule has 0 bridgehead atoms. The minimum absolute atomic E-state index is 0.0318. The van der Waals surface area contributed by atoms with Crippen molar-refractivity contribution in [3.05, 3.63) is 11.7 Å². The molecule has 0 aromatic carbocycles. The first kappa shape index (κ1) is 13.4. The van der Waals surface area contributed by atoms with Crippen LogP contribution in [0.25, 0.3) is 0 Å². The Labute approximate surface area is 105 Å². The molecule has 0 radical (unpaired) electrons. The van der Waals surface area contributed by atoms with Gasteiger partial charge in [-0.25, -0.2) is 0 Å². The van der Waals surface area contributed by atoms with E-state index in [-0.39, 0.29) is 12.1 Å². The van der Waals surface area contributed by atoms with Crippen LogP contribution in [-0.4, -0.2) is 54.8 Å². The molecule has 1 saturated heterocycles. The number of nitrogens with zero attached hydrogens (tertiary/aromatic N) is 2. The molecule has 7 heteroatoms. The molecule has 0 aliphatic carbocycles. The maximum Gasteiger partial charge on any atom is 0.243 e. The SMILES string of the molecule is COCCOCCc1noc([C@@H]2C[C@H](O)CN2)n1. The lowest BCUT2D eigenvalue weighted by Gasteiger charge is -2.02. The first-order valence-electron chi connectivity index (χ1n) is 6.10. The van der Waals surface area contributed by atoms with E-state index in [0.29, 0.717) is 50.9 Å². The summed E-state index contributed by atoms with van der Waals surface area (Å²) in [7, 11) is 1.64. The van der Waals surface area contributed by atoms with Crippen LogP contribution in [0.1, 0.15) is 24.2 Å². The zero-order chi connectivity index (χ0) is 12.8. The van der Waals surface area contributed by atoms with Gasteiger partial charge in [0, 0.05) is 20.1 Å². The molecular weight excluding hydrogens is 238 g/mol. The fraction of sp³-hybridized carbons (Fsp3) is 0.818. The van der Waals surface area contributed by atoms with Crippen LogP contribution in [0.4, 0.5) is 0 Å². The lowest BCUT2D eigenvalue weighted by atomic mass is 10.2. The molecule has 0 spiro atoms. The fourth-order valence-electron chi connectivity index (χ4n) is 1.82. The maximum absolute atomic E-state index is 9.41. The van der Waals surface area contributed by atoms with Crippen molar-refractivity contribution in [2.75, 3.05) is 33.5 Å². The summed E-state index contributed by atoms with van der Waals surface area (Å²) in [6.45, 7) is 2.27. The summed E-state index contributed by atoms with van der Waals surface area (Å²) >= 11 is 0. The monoisotopic (exact) mass is 257 g/mol. The summed E-state index contributed by atoms with van der Waals surface area (Å²) < 4.78 is 15.4. The Morgan fingerprint density at radius 3 is 3.06 bits per heavy atom. The highest BCUT2D eigenvalue weighted by atomic mass is 16.5. The van der Waals surface area contributed by atoms with Crippen LogP contribution in [0, 0.1) is 0 Å². The molecule has 1 aromatic rings. The standard InChI is InChI=1S/C11H19N3O4/c1-16-4-5-17-3-2-10-13-11(18-14-10)9-6-8(15)7-12-9/h8-9,12,15H,2-7H2,1H3/t8-,9-/m0/s1. The highest BCUT2D eigenvalue weighted by Crippen LogP contribution is 2.21. The smallest absolute Gasteiger partial charge is 0.243 e. The van der Waals surface area contributed by atoms with E-state index in [4.69, 9.17) is 14.0 Å².